The molecule has 1 aliphatic carbocycles. The molecule has 2 unspecified atom stereocenters. The van der Waals surface area contributed by atoms with Crippen molar-refractivity contribution in [1.29, 1.82) is 0 Å². The number of esters is 1. The van der Waals surface area contributed by atoms with E-state index in [0.29, 0.717) is 56.1 Å². The van der Waals surface area contributed by atoms with Crippen LogP contribution in [0.1, 0.15) is 42.7 Å². The second kappa shape index (κ2) is 11.9. The number of carbonyl (C=O) groups excluding carboxylic acids is 2. The summed E-state index contributed by atoms with van der Waals surface area (Å²) in [6.07, 6.45) is 0.894. The van der Waals surface area contributed by atoms with Crippen molar-refractivity contribution in [3.05, 3.63) is 122 Å². The van der Waals surface area contributed by atoms with Gasteiger partial charge < -0.3 is 14.8 Å². The van der Waals surface area contributed by atoms with Gasteiger partial charge in [0.15, 0.2) is 5.78 Å². The zero-order valence-corrected chi connectivity index (χ0v) is 23.4. The maximum atomic E-state index is 13.8. The van der Waals surface area contributed by atoms with Gasteiger partial charge in [-0.1, -0.05) is 77.3 Å². The molecule has 0 saturated heterocycles. The molecule has 2 atom stereocenters. The molecular weight excluding hydrogens is 557 g/mol. The Kier molecular flexibility index (Phi) is 8.31. The molecule has 0 amide bonds. The number of carbonyl (C=O) groups is 2. The number of para-hydroxylation sites is 1. The van der Waals surface area contributed by atoms with Gasteiger partial charge in [-0.25, -0.2) is 4.79 Å². The highest BCUT2D eigenvalue weighted by Gasteiger charge is 2.42. The SMILES string of the molecule is CC1=C(C(=O)OCCOc2ccccc2)C(c2cccc(Cl)c2Cl)C2=C(CC(c3ccc(Cl)cc3)CC2=O)N1. The smallest absolute Gasteiger partial charge is 0.336 e. The van der Waals surface area contributed by atoms with E-state index in [1.807, 2.05) is 61.5 Å². The van der Waals surface area contributed by atoms with Crippen LogP contribution in [0.15, 0.2) is 95.3 Å². The van der Waals surface area contributed by atoms with Crippen LogP contribution in [0.2, 0.25) is 15.1 Å². The topological polar surface area (TPSA) is 64.6 Å². The molecule has 0 saturated carbocycles. The predicted molar refractivity (Wildman–Crippen MR) is 153 cm³/mol. The van der Waals surface area contributed by atoms with E-state index < -0.39 is 11.9 Å². The molecule has 8 heteroatoms. The van der Waals surface area contributed by atoms with Gasteiger partial charge >= 0.3 is 5.97 Å². The number of hydrogen-bond acceptors (Lipinski definition) is 5. The summed E-state index contributed by atoms with van der Waals surface area (Å²) in [6, 6.07) is 22.1. The summed E-state index contributed by atoms with van der Waals surface area (Å²) >= 11 is 19.1. The fourth-order valence-electron chi connectivity index (χ4n) is 5.22. The van der Waals surface area contributed by atoms with Crippen molar-refractivity contribution in [1.82, 2.24) is 5.32 Å². The van der Waals surface area contributed by atoms with E-state index in [4.69, 9.17) is 44.3 Å². The van der Waals surface area contributed by atoms with Gasteiger partial charge in [0, 0.05) is 34.3 Å². The second-order valence-corrected chi connectivity index (χ2v) is 10.7. The average molecular weight is 583 g/mol. The summed E-state index contributed by atoms with van der Waals surface area (Å²) in [5, 5.41) is 4.64. The molecule has 1 aliphatic heterocycles. The van der Waals surface area contributed by atoms with Crippen LogP contribution < -0.4 is 10.1 Å². The first kappa shape index (κ1) is 27.3. The first-order valence-electron chi connectivity index (χ1n) is 12.6. The minimum Gasteiger partial charge on any atom is -0.490 e. The average Bonchev–Trinajstić information content (AvgIpc) is 2.92. The van der Waals surface area contributed by atoms with E-state index in [9.17, 15) is 9.59 Å². The van der Waals surface area contributed by atoms with Crippen molar-refractivity contribution in [2.75, 3.05) is 13.2 Å². The monoisotopic (exact) mass is 581 g/mol. The maximum absolute atomic E-state index is 13.8. The molecule has 39 heavy (non-hydrogen) atoms. The number of allylic oxidation sites excluding steroid dienone is 3. The number of ketones is 1. The summed E-state index contributed by atoms with van der Waals surface area (Å²) in [5.41, 5.74) is 3.84. The van der Waals surface area contributed by atoms with Crippen molar-refractivity contribution < 1.29 is 19.1 Å². The third kappa shape index (κ3) is 5.86. The van der Waals surface area contributed by atoms with Gasteiger partial charge in [0.1, 0.15) is 19.0 Å². The molecule has 0 fully saturated rings. The number of halogens is 3. The number of Topliss-reactive ketones (excluding diaryl/α,β-unsaturated/α-hetero) is 1. The van der Waals surface area contributed by atoms with Gasteiger partial charge in [0.25, 0.3) is 0 Å². The molecule has 1 heterocycles. The van der Waals surface area contributed by atoms with Crippen LogP contribution in [-0.4, -0.2) is 25.0 Å². The van der Waals surface area contributed by atoms with Crippen molar-refractivity contribution >= 4 is 46.6 Å². The third-order valence-corrected chi connectivity index (χ3v) is 8.10. The van der Waals surface area contributed by atoms with Crippen LogP contribution in [-0.2, 0) is 14.3 Å². The number of hydrogen-bond donors (Lipinski definition) is 1. The van der Waals surface area contributed by atoms with Crippen LogP contribution in [0, 0.1) is 0 Å². The number of rotatable bonds is 7. The number of ether oxygens (including phenoxy) is 2. The van der Waals surface area contributed by atoms with Crippen molar-refractivity contribution in [3.63, 3.8) is 0 Å². The molecule has 5 nitrogen and oxygen atoms in total. The summed E-state index contributed by atoms with van der Waals surface area (Å²) in [5.74, 6) is -0.655. The fraction of sp³-hybridized carbons (Fsp3) is 0.226. The Morgan fingerprint density at radius 3 is 2.41 bits per heavy atom. The fourth-order valence-corrected chi connectivity index (χ4v) is 5.77. The molecule has 0 spiro atoms. The highest BCUT2D eigenvalue weighted by molar-refractivity contribution is 6.42. The Morgan fingerprint density at radius 1 is 0.923 bits per heavy atom. The predicted octanol–water partition coefficient (Wildman–Crippen LogP) is 7.63. The van der Waals surface area contributed by atoms with Crippen LogP contribution in [0.5, 0.6) is 5.75 Å². The Hall–Kier alpha value is -3.25. The standard InChI is InChI=1S/C31H26Cl3NO4/c1-18-27(31(37)39-15-14-38-22-6-3-2-4-7-22)28(23-8-5-9-24(33)30(23)34)29-25(35-18)16-20(17-26(29)36)19-10-12-21(32)13-11-19/h2-13,20,28,35H,14-17H2,1H3. The van der Waals surface area contributed by atoms with Gasteiger partial charge in [-0.05, 0) is 60.7 Å². The summed E-state index contributed by atoms with van der Waals surface area (Å²) in [4.78, 5) is 27.3. The van der Waals surface area contributed by atoms with E-state index in [-0.39, 0.29) is 24.9 Å². The molecule has 0 radical (unpaired) electrons. The molecule has 0 bridgehead atoms. The molecule has 5 rings (SSSR count). The molecule has 200 valence electrons. The lowest BCUT2D eigenvalue weighted by Crippen LogP contribution is -2.36. The molecule has 0 aromatic heterocycles. The molecule has 1 N–H and O–H groups in total. The van der Waals surface area contributed by atoms with Crippen LogP contribution in [0.3, 0.4) is 0 Å². The quantitative estimate of drug-likeness (QED) is 0.229. The van der Waals surface area contributed by atoms with E-state index in [1.165, 1.54) is 0 Å². The highest BCUT2D eigenvalue weighted by atomic mass is 35.5. The van der Waals surface area contributed by atoms with Gasteiger partial charge in [-0.2, -0.15) is 0 Å². The van der Waals surface area contributed by atoms with E-state index in [1.54, 1.807) is 18.2 Å². The minimum atomic E-state index is -0.714. The summed E-state index contributed by atoms with van der Waals surface area (Å²) < 4.78 is 11.3. The van der Waals surface area contributed by atoms with E-state index >= 15 is 0 Å². The first-order valence-corrected chi connectivity index (χ1v) is 13.7. The lowest BCUT2D eigenvalue weighted by Gasteiger charge is -2.37. The van der Waals surface area contributed by atoms with Crippen LogP contribution in [0.4, 0.5) is 0 Å². The van der Waals surface area contributed by atoms with Crippen molar-refractivity contribution in [2.24, 2.45) is 0 Å². The number of benzene rings is 3. The molecule has 2 aliphatic rings. The maximum Gasteiger partial charge on any atom is 0.336 e. The third-order valence-electron chi connectivity index (χ3n) is 7.01. The van der Waals surface area contributed by atoms with Crippen LogP contribution in [0.25, 0.3) is 0 Å². The van der Waals surface area contributed by atoms with Gasteiger partial charge in [-0.15, -0.1) is 0 Å². The number of dihydropyridines is 1. The lowest BCUT2D eigenvalue weighted by molar-refractivity contribution is -0.140. The van der Waals surface area contributed by atoms with Gasteiger partial charge in [0.05, 0.1) is 15.6 Å². The Bertz CT molecular complexity index is 1460. The van der Waals surface area contributed by atoms with Crippen molar-refractivity contribution in [3.8, 4) is 5.75 Å². The Morgan fingerprint density at radius 2 is 1.67 bits per heavy atom. The van der Waals surface area contributed by atoms with E-state index in [2.05, 4.69) is 5.32 Å². The summed E-state index contributed by atoms with van der Waals surface area (Å²) in [7, 11) is 0. The highest BCUT2D eigenvalue weighted by Crippen LogP contribution is 2.48. The lowest BCUT2D eigenvalue weighted by atomic mass is 9.71. The molecule has 3 aromatic rings. The zero-order chi connectivity index (χ0) is 27.5. The number of nitrogens with one attached hydrogen (secondary N) is 1. The van der Waals surface area contributed by atoms with E-state index in [0.717, 1.165) is 11.3 Å². The molecular formula is C31H26Cl3NO4. The second-order valence-electron chi connectivity index (χ2n) is 9.51. The largest absolute Gasteiger partial charge is 0.490 e. The minimum absolute atomic E-state index is 0.0204. The van der Waals surface area contributed by atoms with Gasteiger partial charge in [-0.3, -0.25) is 4.79 Å². The van der Waals surface area contributed by atoms with Crippen molar-refractivity contribution in [2.45, 2.75) is 31.6 Å². The first-order chi connectivity index (χ1) is 18.8. The Labute approximate surface area is 242 Å². The van der Waals surface area contributed by atoms with Gasteiger partial charge in [0.2, 0.25) is 0 Å². The summed E-state index contributed by atoms with van der Waals surface area (Å²) in [6.45, 7) is 2.04. The zero-order valence-electron chi connectivity index (χ0n) is 21.2. The Balaban J connectivity index is 1.45. The van der Waals surface area contributed by atoms with Crippen LogP contribution >= 0.6 is 34.8 Å². The normalized spacial score (nSPS) is 18.9. The molecule has 3 aromatic carbocycles.